The molecule has 1 heterocycles. The molecule has 0 saturated carbocycles. The van der Waals surface area contributed by atoms with E-state index in [4.69, 9.17) is 10.8 Å². The van der Waals surface area contributed by atoms with Gasteiger partial charge in [0.2, 0.25) is 0 Å². The fourth-order valence-corrected chi connectivity index (χ4v) is 1.38. The summed E-state index contributed by atoms with van der Waals surface area (Å²) in [6, 6.07) is -0.681. The van der Waals surface area contributed by atoms with Crippen molar-refractivity contribution in [2.75, 3.05) is 13.1 Å². The Morgan fingerprint density at radius 2 is 2.55 bits per heavy atom. The van der Waals surface area contributed by atoms with Crippen LogP contribution in [0.5, 0.6) is 0 Å². The zero-order valence-corrected chi connectivity index (χ0v) is 6.42. The SMILES string of the molecule is N[C@H](C[C@H]1CCNC1)C(=O)O. The highest BCUT2D eigenvalue weighted by molar-refractivity contribution is 5.73. The van der Waals surface area contributed by atoms with E-state index >= 15 is 0 Å². The first-order chi connectivity index (χ1) is 5.20. The Kier molecular flexibility index (Phi) is 2.84. The molecular weight excluding hydrogens is 144 g/mol. The smallest absolute Gasteiger partial charge is 0.320 e. The second-order valence-electron chi connectivity index (χ2n) is 3.04. The van der Waals surface area contributed by atoms with Crippen molar-refractivity contribution in [1.29, 1.82) is 0 Å². The molecule has 11 heavy (non-hydrogen) atoms. The van der Waals surface area contributed by atoms with Crippen LogP contribution >= 0.6 is 0 Å². The molecule has 0 amide bonds. The average Bonchev–Trinajstić information content (AvgIpc) is 2.39. The summed E-state index contributed by atoms with van der Waals surface area (Å²) < 4.78 is 0. The summed E-state index contributed by atoms with van der Waals surface area (Å²) in [6.45, 7) is 1.91. The van der Waals surface area contributed by atoms with Crippen molar-refractivity contribution in [1.82, 2.24) is 5.32 Å². The molecule has 1 aliphatic heterocycles. The van der Waals surface area contributed by atoms with Gasteiger partial charge in [-0.05, 0) is 31.8 Å². The first kappa shape index (κ1) is 8.49. The Labute approximate surface area is 65.8 Å². The number of carboxylic acids is 1. The van der Waals surface area contributed by atoms with Crippen LogP contribution in [0.1, 0.15) is 12.8 Å². The van der Waals surface area contributed by atoms with Crippen molar-refractivity contribution in [2.24, 2.45) is 11.7 Å². The monoisotopic (exact) mass is 158 g/mol. The van der Waals surface area contributed by atoms with Gasteiger partial charge in [0.05, 0.1) is 0 Å². The lowest BCUT2D eigenvalue weighted by atomic mass is 10.00. The van der Waals surface area contributed by atoms with Gasteiger partial charge in [0.1, 0.15) is 6.04 Å². The van der Waals surface area contributed by atoms with Gasteiger partial charge < -0.3 is 16.2 Å². The van der Waals surface area contributed by atoms with Crippen LogP contribution in [0.2, 0.25) is 0 Å². The fourth-order valence-electron chi connectivity index (χ4n) is 1.38. The van der Waals surface area contributed by atoms with Crippen LogP contribution in [0, 0.1) is 5.92 Å². The molecule has 1 saturated heterocycles. The van der Waals surface area contributed by atoms with Crippen molar-refractivity contribution in [3.8, 4) is 0 Å². The summed E-state index contributed by atoms with van der Waals surface area (Å²) in [6.07, 6.45) is 1.66. The van der Waals surface area contributed by atoms with Gasteiger partial charge in [0.25, 0.3) is 0 Å². The summed E-state index contributed by atoms with van der Waals surface area (Å²) >= 11 is 0. The van der Waals surface area contributed by atoms with Crippen LogP contribution in [-0.4, -0.2) is 30.2 Å². The molecule has 2 atom stereocenters. The molecule has 1 aliphatic rings. The Morgan fingerprint density at radius 1 is 1.82 bits per heavy atom. The van der Waals surface area contributed by atoms with Crippen molar-refractivity contribution in [3.05, 3.63) is 0 Å². The van der Waals surface area contributed by atoms with E-state index in [9.17, 15) is 4.79 Å². The topological polar surface area (TPSA) is 75.3 Å². The molecule has 0 unspecified atom stereocenters. The molecule has 4 heteroatoms. The number of aliphatic carboxylic acids is 1. The van der Waals surface area contributed by atoms with Crippen molar-refractivity contribution in [3.63, 3.8) is 0 Å². The highest BCUT2D eigenvalue weighted by atomic mass is 16.4. The van der Waals surface area contributed by atoms with Gasteiger partial charge in [0.15, 0.2) is 0 Å². The van der Waals surface area contributed by atoms with E-state index < -0.39 is 12.0 Å². The Morgan fingerprint density at radius 3 is 3.00 bits per heavy atom. The minimum atomic E-state index is -0.892. The summed E-state index contributed by atoms with van der Waals surface area (Å²) in [7, 11) is 0. The molecule has 0 aromatic carbocycles. The fraction of sp³-hybridized carbons (Fsp3) is 0.857. The minimum Gasteiger partial charge on any atom is -0.480 e. The highest BCUT2D eigenvalue weighted by Crippen LogP contribution is 2.13. The van der Waals surface area contributed by atoms with E-state index in [2.05, 4.69) is 5.32 Å². The Balaban J connectivity index is 2.23. The predicted molar refractivity (Wildman–Crippen MR) is 41.2 cm³/mol. The summed E-state index contributed by atoms with van der Waals surface area (Å²) in [5.74, 6) is -0.432. The molecule has 64 valence electrons. The van der Waals surface area contributed by atoms with Crippen molar-refractivity contribution >= 4 is 5.97 Å². The van der Waals surface area contributed by atoms with Crippen LogP contribution in [0.4, 0.5) is 0 Å². The molecule has 0 aromatic heterocycles. The molecule has 0 aromatic rings. The lowest BCUT2D eigenvalue weighted by Gasteiger charge is -2.10. The summed E-state index contributed by atoms with van der Waals surface area (Å²) in [5, 5.41) is 11.7. The van der Waals surface area contributed by atoms with Gasteiger partial charge in [-0.1, -0.05) is 0 Å². The molecular formula is C7H14N2O2. The van der Waals surface area contributed by atoms with Crippen LogP contribution < -0.4 is 11.1 Å². The number of nitrogens with two attached hydrogens (primary N) is 1. The maximum atomic E-state index is 10.3. The highest BCUT2D eigenvalue weighted by Gasteiger charge is 2.21. The van der Waals surface area contributed by atoms with E-state index in [1.807, 2.05) is 0 Å². The normalized spacial score (nSPS) is 26.8. The zero-order valence-electron chi connectivity index (χ0n) is 6.42. The molecule has 0 bridgehead atoms. The second kappa shape index (κ2) is 3.69. The van der Waals surface area contributed by atoms with Gasteiger partial charge >= 0.3 is 5.97 Å². The van der Waals surface area contributed by atoms with Crippen LogP contribution in [0.25, 0.3) is 0 Å². The number of rotatable bonds is 3. The van der Waals surface area contributed by atoms with E-state index in [1.54, 1.807) is 0 Å². The van der Waals surface area contributed by atoms with Gasteiger partial charge in [-0.3, -0.25) is 4.79 Å². The third-order valence-corrected chi connectivity index (χ3v) is 2.07. The van der Waals surface area contributed by atoms with Gasteiger partial charge in [-0.25, -0.2) is 0 Å². The molecule has 4 N–H and O–H groups in total. The van der Waals surface area contributed by atoms with Crippen LogP contribution in [0.3, 0.4) is 0 Å². The lowest BCUT2D eigenvalue weighted by molar-refractivity contribution is -0.138. The molecule has 4 nitrogen and oxygen atoms in total. The number of hydrogen-bond donors (Lipinski definition) is 3. The number of carbonyl (C=O) groups is 1. The molecule has 0 radical (unpaired) electrons. The van der Waals surface area contributed by atoms with Gasteiger partial charge in [-0.2, -0.15) is 0 Å². The number of nitrogens with one attached hydrogen (secondary N) is 1. The largest absolute Gasteiger partial charge is 0.480 e. The third-order valence-electron chi connectivity index (χ3n) is 2.07. The van der Waals surface area contributed by atoms with Crippen LogP contribution in [0.15, 0.2) is 0 Å². The quantitative estimate of drug-likeness (QED) is 0.512. The van der Waals surface area contributed by atoms with Crippen LogP contribution in [-0.2, 0) is 4.79 Å². The Bertz CT molecular complexity index is 143. The molecule has 1 fully saturated rings. The second-order valence-corrected chi connectivity index (χ2v) is 3.04. The average molecular weight is 158 g/mol. The van der Waals surface area contributed by atoms with E-state index in [0.717, 1.165) is 19.5 Å². The summed E-state index contributed by atoms with van der Waals surface area (Å²) in [4.78, 5) is 10.3. The number of hydrogen-bond acceptors (Lipinski definition) is 3. The first-order valence-corrected chi connectivity index (χ1v) is 3.89. The van der Waals surface area contributed by atoms with E-state index in [-0.39, 0.29) is 0 Å². The third kappa shape index (κ3) is 2.48. The maximum absolute atomic E-state index is 10.3. The van der Waals surface area contributed by atoms with Crippen molar-refractivity contribution < 1.29 is 9.90 Å². The number of carboxylic acid groups (broad SMARTS) is 1. The maximum Gasteiger partial charge on any atom is 0.320 e. The van der Waals surface area contributed by atoms with E-state index in [0.29, 0.717) is 12.3 Å². The van der Waals surface area contributed by atoms with Crippen molar-refractivity contribution in [2.45, 2.75) is 18.9 Å². The lowest BCUT2D eigenvalue weighted by Crippen LogP contribution is -2.32. The zero-order chi connectivity index (χ0) is 8.27. The molecule has 0 spiro atoms. The molecule has 0 aliphatic carbocycles. The van der Waals surface area contributed by atoms with Gasteiger partial charge in [-0.15, -0.1) is 0 Å². The van der Waals surface area contributed by atoms with Gasteiger partial charge in [0, 0.05) is 0 Å². The van der Waals surface area contributed by atoms with E-state index in [1.165, 1.54) is 0 Å². The first-order valence-electron chi connectivity index (χ1n) is 3.89. The Hall–Kier alpha value is -0.610. The predicted octanol–water partition coefficient (Wildman–Crippen LogP) is -0.602. The summed E-state index contributed by atoms with van der Waals surface area (Å²) in [5.41, 5.74) is 5.37. The minimum absolute atomic E-state index is 0.459. The standard InChI is InChI=1S/C7H14N2O2/c8-6(7(10)11)3-5-1-2-9-4-5/h5-6,9H,1-4,8H2,(H,10,11)/t5-,6-/m1/s1. The molecule has 1 rings (SSSR count).